The van der Waals surface area contributed by atoms with Gasteiger partial charge in [0.25, 0.3) is 0 Å². The van der Waals surface area contributed by atoms with Crippen molar-refractivity contribution >= 4 is 0 Å². The van der Waals surface area contributed by atoms with Gasteiger partial charge in [-0.1, -0.05) is 30.3 Å². The summed E-state index contributed by atoms with van der Waals surface area (Å²) in [5.41, 5.74) is 2.74. The monoisotopic (exact) mass is 335 g/mol. The predicted octanol–water partition coefficient (Wildman–Crippen LogP) is 4.01. The molecule has 1 aromatic heterocycles. The molecular weight excluding hydrogens is 314 g/mol. The molecule has 25 heavy (non-hydrogen) atoms. The molecule has 0 unspecified atom stereocenters. The number of ether oxygens (including phenoxy) is 2. The summed E-state index contributed by atoms with van der Waals surface area (Å²) in [6.07, 6.45) is 0. The highest BCUT2D eigenvalue weighted by Gasteiger charge is 2.09. The minimum atomic E-state index is 0.463. The van der Waals surface area contributed by atoms with Gasteiger partial charge in [0.1, 0.15) is 11.5 Å². The van der Waals surface area contributed by atoms with Gasteiger partial charge in [0.05, 0.1) is 12.8 Å². The van der Waals surface area contributed by atoms with Crippen LogP contribution in [0.3, 0.4) is 0 Å². The third-order valence-corrected chi connectivity index (χ3v) is 3.70. The minimum absolute atomic E-state index is 0.463. The Labute approximate surface area is 147 Å². The molecule has 1 heterocycles. The number of para-hydroxylation sites is 2. The van der Waals surface area contributed by atoms with E-state index in [1.54, 1.807) is 7.11 Å². The summed E-state index contributed by atoms with van der Waals surface area (Å²) in [7, 11) is 5.70. The lowest BCUT2D eigenvalue weighted by Crippen LogP contribution is -2.11. The summed E-state index contributed by atoms with van der Waals surface area (Å²) in [5.74, 6) is 2.02. The highest BCUT2D eigenvalue weighted by atomic mass is 16.5. The van der Waals surface area contributed by atoms with E-state index in [0.29, 0.717) is 5.88 Å². The van der Waals surface area contributed by atoms with Gasteiger partial charge in [-0.25, -0.2) is 0 Å². The highest BCUT2D eigenvalue weighted by Crippen LogP contribution is 2.29. The summed E-state index contributed by atoms with van der Waals surface area (Å²) >= 11 is 0. The summed E-state index contributed by atoms with van der Waals surface area (Å²) < 4.78 is 11.3. The number of hydrogen-bond acceptors (Lipinski definition) is 5. The molecule has 0 atom stereocenters. The number of hydrogen-bond donors (Lipinski definition) is 0. The number of rotatable bonds is 6. The Bertz CT molecular complexity index is 832. The fourth-order valence-electron chi connectivity index (χ4n) is 2.56. The van der Waals surface area contributed by atoms with Crippen LogP contribution in [-0.4, -0.2) is 36.3 Å². The van der Waals surface area contributed by atoms with E-state index >= 15 is 0 Å². The molecule has 0 aliphatic heterocycles. The first kappa shape index (κ1) is 16.9. The molecule has 0 N–H and O–H groups in total. The Morgan fingerprint density at radius 3 is 2.24 bits per heavy atom. The first-order valence-electron chi connectivity index (χ1n) is 8.05. The average Bonchev–Trinajstić information content (AvgIpc) is 2.63. The second-order valence-corrected chi connectivity index (χ2v) is 5.90. The molecule has 0 radical (unpaired) electrons. The fourth-order valence-corrected chi connectivity index (χ4v) is 2.56. The summed E-state index contributed by atoms with van der Waals surface area (Å²) in [6.45, 7) is 0.795. The summed E-state index contributed by atoms with van der Waals surface area (Å²) in [4.78, 5) is 2.10. The maximum absolute atomic E-state index is 5.93. The molecule has 2 aromatic carbocycles. The summed E-state index contributed by atoms with van der Waals surface area (Å²) in [5, 5.41) is 8.48. The van der Waals surface area contributed by atoms with Gasteiger partial charge in [-0.15, -0.1) is 10.2 Å². The van der Waals surface area contributed by atoms with E-state index in [2.05, 4.69) is 15.1 Å². The quantitative estimate of drug-likeness (QED) is 0.681. The maximum Gasteiger partial charge on any atom is 0.238 e. The van der Waals surface area contributed by atoms with Gasteiger partial charge in [0, 0.05) is 23.7 Å². The molecule has 0 saturated carbocycles. The Hall–Kier alpha value is -2.92. The molecule has 0 amide bonds. The first-order chi connectivity index (χ1) is 12.2. The van der Waals surface area contributed by atoms with Crippen molar-refractivity contribution in [2.75, 3.05) is 21.2 Å². The minimum Gasteiger partial charge on any atom is -0.496 e. The van der Waals surface area contributed by atoms with E-state index in [1.807, 2.05) is 74.8 Å². The maximum atomic E-state index is 5.93. The van der Waals surface area contributed by atoms with Gasteiger partial charge < -0.3 is 14.4 Å². The van der Waals surface area contributed by atoms with Crippen molar-refractivity contribution in [2.24, 2.45) is 0 Å². The number of aromatic nitrogens is 2. The van der Waals surface area contributed by atoms with Crippen LogP contribution in [0.1, 0.15) is 5.56 Å². The molecule has 128 valence electrons. The molecule has 0 fully saturated rings. The van der Waals surface area contributed by atoms with Crippen LogP contribution >= 0.6 is 0 Å². The van der Waals surface area contributed by atoms with Crippen LogP contribution < -0.4 is 9.47 Å². The largest absolute Gasteiger partial charge is 0.496 e. The van der Waals surface area contributed by atoms with E-state index in [9.17, 15) is 0 Å². The molecule has 0 bridgehead atoms. The molecular formula is C20H21N3O2. The molecule has 5 heteroatoms. The van der Waals surface area contributed by atoms with Crippen LogP contribution in [-0.2, 0) is 6.54 Å². The Balaban J connectivity index is 1.82. The van der Waals surface area contributed by atoms with Crippen LogP contribution in [0.4, 0.5) is 0 Å². The predicted molar refractivity (Wildman–Crippen MR) is 97.9 cm³/mol. The summed E-state index contributed by atoms with van der Waals surface area (Å²) in [6, 6.07) is 19.4. The van der Waals surface area contributed by atoms with Gasteiger partial charge in [0.2, 0.25) is 5.88 Å². The topological polar surface area (TPSA) is 47.5 Å². The first-order valence-corrected chi connectivity index (χ1v) is 8.05. The van der Waals surface area contributed by atoms with Gasteiger partial charge in [-0.3, -0.25) is 0 Å². The van der Waals surface area contributed by atoms with Crippen molar-refractivity contribution in [1.29, 1.82) is 0 Å². The molecule has 0 aliphatic carbocycles. The van der Waals surface area contributed by atoms with Crippen molar-refractivity contribution in [3.05, 3.63) is 66.2 Å². The molecule has 3 aromatic rings. The second kappa shape index (κ2) is 7.77. The highest BCUT2D eigenvalue weighted by molar-refractivity contribution is 5.66. The smallest absolute Gasteiger partial charge is 0.238 e. The van der Waals surface area contributed by atoms with Crippen LogP contribution in [0.25, 0.3) is 11.3 Å². The van der Waals surface area contributed by atoms with Crippen molar-refractivity contribution in [3.63, 3.8) is 0 Å². The lowest BCUT2D eigenvalue weighted by molar-refractivity contribution is 0.385. The van der Waals surface area contributed by atoms with Crippen LogP contribution in [0, 0.1) is 0 Å². The van der Waals surface area contributed by atoms with Crippen LogP contribution in [0.2, 0.25) is 0 Å². The number of methoxy groups -OCH3 is 1. The molecule has 5 nitrogen and oxygen atoms in total. The van der Waals surface area contributed by atoms with Crippen molar-refractivity contribution in [2.45, 2.75) is 6.54 Å². The SMILES string of the molecule is COc1ccccc1-c1ccc(Oc2ccccc2CN(C)C)nn1. The standard InChI is InChI=1S/C20H21N3O2/c1-23(2)14-15-8-4-6-10-18(15)25-20-13-12-17(21-22-20)16-9-5-7-11-19(16)24-3/h4-13H,14H2,1-3H3. The van der Waals surface area contributed by atoms with Gasteiger partial charge >= 0.3 is 0 Å². The van der Waals surface area contributed by atoms with Crippen molar-refractivity contribution < 1.29 is 9.47 Å². The zero-order valence-corrected chi connectivity index (χ0v) is 14.6. The molecule has 0 aliphatic rings. The lowest BCUT2D eigenvalue weighted by atomic mass is 10.1. The second-order valence-electron chi connectivity index (χ2n) is 5.90. The van der Waals surface area contributed by atoms with Crippen molar-refractivity contribution in [3.8, 4) is 28.6 Å². The third-order valence-electron chi connectivity index (χ3n) is 3.70. The van der Waals surface area contributed by atoms with Crippen LogP contribution in [0.5, 0.6) is 17.4 Å². The Kier molecular flexibility index (Phi) is 5.26. The van der Waals surface area contributed by atoms with E-state index in [-0.39, 0.29) is 0 Å². The van der Waals surface area contributed by atoms with Crippen molar-refractivity contribution in [1.82, 2.24) is 15.1 Å². The van der Waals surface area contributed by atoms with E-state index in [4.69, 9.17) is 9.47 Å². The zero-order valence-electron chi connectivity index (χ0n) is 14.6. The third kappa shape index (κ3) is 4.14. The molecule has 0 spiro atoms. The van der Waals surface area contributed by atoms with E-state index < -0.39 is 0 Å². The zero-order chi connectivity index (χ0) is 17.6. The van der Waals surface area contributed by atoms with Gasteiger partial charge in [-0.2, -0.15) is 0 Å². The number of benzene rings is 2. The van der Waals surface area contributed by atoms with E-state index in [0.717, 1.165) is 34.9 Å². The molecule has 0 saturated heterocycles. The van der Waals surface area contributed by atoms with Crippen LogP contribution in [0.15, 0.2) is 60.7 Å². The Morgan fingerprint density at radius 1 is 0.840 bits per heavy atom. The Morgan fingerprint density at radius 2 is 1.56 bits per heavy atom. The average molecular weight is 335 g/mol. The normalized spacial score (nSPS) is 10.7. The number of nitrogens with zero attached hydrogens (tertiary/aromatic N) is 3. The lowest BCUT2D eigenvalue weighted by Gasteiger charge is -2.14. The fraction of sp³-hybridized carbons (Fsp3) is 0.200. The van der Waals surface area contributed by atoms with E-state index in [1.165, 1.54) is 0 Å². The van der Waals surface area contributed by atoms with Gasteiger partial charge in [-0.05, 0) is 38.4 Å². The molecule has 3 rings (SSSR count). The van der Waals surface area contributed by atoms with Gasteiger partial charge in [0.15, 0.2) is 0 Å².